The minimum atomic E-state index is -0.00778. The van der Waals surface area contributed by atoms with Crippen molar-refractivity contribution in [2.75, 3.05) is 0 Å². The monoisotopic (exact) mass is 343 g/mol. The Hall–Kier alpha value is -1.59. The van der Waals surface area contributed by atoms with E-state index in [2.05, 4.69) is 27.6 Å². The average Bonchev–Trinajstić information content (AvgIpc) is 3.35. The number of aryl methyl sites for hydroxylation is 2. The normalized spacial score (nSPS) is 38.4. The molecule has 136 valence electrons. The van der Waals surface area contributed by atoms with E-state index < -0.39 is 0 Å². The van der Waals surface area contributed by atoms with Gasteiger partial charge in [-0.2, -0.15) is 5.10 Å². The van der Waals surface area contributed by atoms with Crippen molar-refractivity contribution in [2.24, 2.45) is 23.7 Å². The van der Waals surface area contributed by atoms with Crippen LogP contribution in [0.3, 0.4) is 0 Å². The van der Waals surface area contributed by atoms with Gasteiger partial charge in [-0.05, 0) is 62.2 Å². The largest absolute Gasteiger partial charge is 0.335 e. The number of carbonyl (C=O) groups excluding carboxylic acids is 1. The zero-order valence-electron chi connectivity index (χ0n) is 15.1. The highest BCUT2D eigenvalue weighted by atomic mass is 16.2. The van der Waals surface area contributed by atoms with Gasteiger partial charge in [0.2, 0.25) is 0 Å². The van der Waals surface area contributed by atoms with Gasteiger partial charge in [-0.1, -0.05) is 13.3 Å². The molecule has 0 aromatic carbocycles. The highest BCUT2D eigenvalue weighted by Gasteiger charge is 2.54. The van der Waals surface area contributed by atoms with Crippen LogP contribution in [0.2, 0.25) is 0 Å². The van der Waals surface area contributed by atoms with E-state index in [-0.39, 0.29) is 12.1 Å². The maximum absolute atomic E-state index is 12.6. The highest BCUT2D eigenvalue weighted by molar-refractivity contribution is 5.74. The molecular weight excluding hydrogens is 314 g/mol. The molecular formula is C19H29N5O. The molecule has 0 radical (unpaired) electrons. The molecule has 2 heterocycles. The first kappa shape index (κ1) is 15.6. The van der Waals surface area contributed by atoms with Gasteiger partial charge in [0.15, 0.2) is 5.82 Å². The Morgan fingerprint density at radius 1 is 1.12 bits per heavy atom. The minimum absolute atomic E-state index is 0.000584. The lowest BCUT2D eigenvalue weighted by Gasteiger charge is -2.32. The molecule has 6 heteroatoms. The molecule has 6 nitrogen and oxygen atoms in total. The van der Waals surface area contributed by atoms with Crippen LogP contribution < -0.4 is 10.6 Å². The second kappa shape index (κ2) is 5.99. The van der Waals surface area contributed by atoms with Gasteiger partial charge in [0.05, 0.1) is 6.04 Å². The molecule has 2 N–H and O–H groups in total. The first-order valence-corrected chi connectivity index (χ1v) is 10.2. The van der Waals surface area contributed by atoms with Gasteiger partial charge in [0.1, 0.15) is 5.82 Å². The molecule has 0 unspecified atom stereocenters. The van der Waals surface area contributed by atoms with E-state index in [0.29, 0.717) is 6.04 Å². The predicted octanol–water partition coefficient (Wildman–Crippen LogP) is 2.80. The van der Waals surface area contributed by atoms with Gasteiger partial charge in [-0.3, -0.25) is 0 Å². The molecule has 1 aromatic heterocycles. The summed E-state index contributed by atoms with van der Waals surface area (Å²) in [6.07, 6.45) is 9.60. The Balaban J connectivity index is 1.23. The third-order valence-corrected chi connectivity index (χ3v) is 7.29. The number of hydrogen-bond acceptors (Lipinski definition) is 3. The molecule has 25 heavy (non-hydrogen) atoms. The van der Waals surface area contributed by atoms with Crippen molar-refractivity contribution in [3.63, 3.8) is 0 Å². The molecule has 3 saturated carbocycles. The Labute approximate surface area is 149 Å². The summed E-state index contributed by atoms with van der Waals surface area (Å²) in [5.41, 5.74) is 0. The van der Waals surface area contributed by atoms with Crippen LogP contribution in [0.5, 0.6) is 0 Å². The van der Waals surface area contributed by atoms with Gasteiger partial charge in [0.25, 0.3) is 0 Å². The predicted molar refractivity (Wildman–Crippen MR) is 93.9 cm³/mol. The summed E-state index contributed by atoms with van der Waals surface area (Å²) in [6.45, 7) is 2.99. The van der Waals surface area contributed by atoms with E-state index in [1.165, 1.54) is 32.1 Å². The van der Waals surface area contributed by atoms with E-state index in [1.54, 1.807) is 0 Å². The number of fused-ring (bicyclic) bond motifs is 6. The fourth-order valence-corrected chi connectivity index (χ4v) is 6.29. The maximum Gasteiger partial charge on any atom is 0.315 e. The molecule has 3 fully saturated rings. The second-order valence-corrected chi connectivity index (χ2v) is 8.54. The van der Waals surface area contributed by atoms with Crippen LogP contribution in [0.1, 0.15) is 69.6 Å². The van der Waals surface area contributed by atoms with Crippen LogP contribution >= 0.6 is 0 Å². The van der Waals surface area contributed by atoms with Gasteiger partial charge < -0.3 is 10.6 Å². The Morgan fingerprint density at radius 2 is 2.00 bits per heavy atom. The van der Waals surface area contributed by atoms with Crippen molar-refractivity contribution in [3.05, 3.63) is 11.6 Å². The lowest BCUT2D eigenvalue weighted by molar-refractivity contribution is 0.194. The van der Waals surface area contributed by atoms with Gasteiger partial charge in [-0.15, -0.1) is 0 Å². The molecule has 2 bridgehead atoms. The lowest BCUT2D eigenvalue weighted by atomic mass is 9.79. The van der Waals surface area contributed by atoms with Crippen LogP contribution in [0.4, 0.5) is 4.79 Å². The first-order chi connectivity index (χ1) is 12.2. The van der Waals surface area contributed by atoms with E-state index in [9.17, 15) is 4.79 Å². The summed E-state index contributed by atoms with van der Waals surface area (Å²) in [5, 5.41) is 11.0. The third-order valence-electron chi connectivity index (χ3n) is 7.29. The summed E-state index contributed by atoms with van der Waals surface area (Å²) < 4.78 is 1.98. The van der Waals surface area contributed by atoms with E-state index in [1.807, 2.05) is 4.68 Å². The van der Waals surface area contributed by atoms with Crippen LogP contribution in [-0.2, 0) is 13.0 Å². The maximum atomic E-state index is 12.6. The molecule has 1 aromatic rings. The van der Waals surface area contributed by atoms with Crippen molar-refractivity contribution >= 4 is 6.03 Å². The Morgan fingerprint density at radius 3 is 2.88 bits per heavy atom. The Kier molecular flexibility index (Phi) is 3.75. The van der Waals surface area contributed by atoms with Crippen molar-refractivity contribution in [1.82, 2.24) is 25.4 Å². The number of nitrogens with one attached hydrogen (secondary N) is 2. The highest BCUT2D eigenvalue weighted by Crippen LogP contribution is 2.58. The van der Waals surface area contributed by atoms with Crippen molar-refractivity contribution in [1.29, 1.82) is 0 Å². The summed E-state index contributed by atoms with van der Waals surface area (Å²) in [4.78, 5) is 17.3. The topological polar surface area (TPSA) is 71.8 Å². The van der Waals surface area contributed by atoms with E-state index in [0.717, 1.165) is 61.1 Å². The fraction of sp³-hybridized carbons (Fsp3) is 0.842. The number of nitrogens with zero attached hydrogens (tertiary/aromatic N) is 3. The number of aromatic nitrogens is 3. The van der Waals surface area contributed by atoms with Crippen LogP contribution in [0, 0.1) is 23.7 Å². The lowest BCUT2D eigenvalue weighted by Crippen LogP contribution is -2.48. The zero-order valence-corrected chi connectivity index (χ0v) is 15.1. The molecule has 1 aliphatic heterocycles. The number of urea groups is 1. The summed E-state index contributed by atoms with van der Waals surface area (Å²) >= 11 is 0. The minimum Gasteiger partial charge on any atom is -0.335 e. The molecule has 2 amide bonds. The second-order valence-electron chi connectivity index (χ2n) is 8.54. The number of hydrogen-bond donors (Lipinski definition) is 2. The van der Waals surface area contributed by atoms with Crippen molar-refractivity contribution in [3.8, 4) is 0 Å². The summed E-state index contributed by atoms with van der Waals surface area (Å²) in [6, 6.07) is 0.378. The smallest absolute Gasteiger partial charge is 0.315 e. The Bertz CT molecular complexity index is 671. The van der Waals surface area contributed by atoms with Gasteiger partial charge >= 0.3 is 6.03 Å². The van der Waals surface area contributed by atoms with Crippen molar-refractivity contribution in [2.45, 2.75) is 76.9 Å². The average molecular weight is 343 g/mol. The first-order valence-electron chi connectivity index (χ1n) is 10.2. The molecule has 0 saturated heterocycles. The summed E-state index contributed by atoms with van der Waals surface area (Å²) in [7, 11) is 0. The van der Waals surface area contributed by atoms with Gasteiger partial charge in [0, 0.05) is 19.0 Å². The van der Waals surface area contributed by atoms with E-state index in [4.69, 9.17) is 0 Å². The van der Waals surface area contributed by atoms with Crippen LogP contribution in [0.15, 0.2) is 0 Å². The zero-order chi connectivity index (χ0) is 17.0. The summed E-state index contributed by atoms with van der Waals surface area (Å²) in [5.74, 6) is 5.26. The van der Waals surface area contributed by atoms with Crippen LogP contribution in [-0.4, -0.2) is 26.8 Å². The van der Waals surface area contributed by atoms with Crippen LogP contribution in [0.25, 0.3) is 0 Å². The third kappa shape index (κ3) is 2.56. The quantitative estimate of drug-likeness (QED) is 0.886. The molecule has 0 spiro atoms. The van der Waals surface area contributed by atoms with Gasteiger partial charge in [-0.25, -0.2) is 14.5 Å². The molecule has 6 atom stereocenters. The fourth-order valence-electron chi connectivity index (χ4n) is 6.29. The number of amides is 2. The molecule has 5 rings (SSSR count). The molecule has 3 aliphatic carbocycles. The number of carbonyl (C=O) groups is 1. The molecule has 4 aliphatic rings. The number of rotatable bonds is 3. The SMILES string of the molecule is CCc1nc2n(n1)CCC[C@@H]2NC(=O)N[C@@H]1C[C@H]2C[C@H]1[C@@H]1CCC[C@@H]21. The van der Waals surface area contributed by atoms with Crippen molar-refractivity contribution < 1.29 is 4.79 Å². The standard InChI is InChI=1S/C19H29N5O/c1-2-17-22-18-15(7-4-8-24(18)23-17)20-19(25)21-16-10-11-9-14(16)13-6-3-5-12(11)13/h11-16H,2-10H2,1H3,(H2,20,21,25)/t11-,12+,13-,14+,15+,16-/m1/s1. The van der Waals surface area contributed by atoms with E-state index >= 15 is 0 Å².